The Labute approximate surface area is 56.5 Å². The monoisotopic (exact) mass is 214 g/mol. The number of rotatable bonds is 4. The molecule has 0 unspecified atom stereocenters. The molecule has 0 aliphatic carbocycles. The van der Waals surface area contributed by atoms with Crippen molar-refractivity contribution in [3.63, 3.8) is 0 Å². The fourth-order valence-electron chi connectivity index (χ4n) is 0.256. The number of alkyl halides is 1. The van der Waals surface area contributed by atoms with Gasteiger partial charge in [0, 0.05) is 0 Å². The third-order valence-corrected chi connectivity index (χ3v) is 2.41. The molecule has 0 fully saturated rings. The van der Waals surface area contributed by atoms with E-state index in [2.05, 4.69) is 17.4 Å². The second-order valence-corrected chi connectivity index (χ2v) is 4.34. The molecule has 1 nitrogen and oxygen atoms in total. The first-order chi connectivity index (χ1) is 3.41. The van der Waals surface area contributed by atoms with Crippen LogP contribution in [0.15, 0.2) is 0 Å². The number of halogens is 1. The normalized spacial score (nSPS) is 10.0. The Morgan fingerprint density at radius 2 is 2.14 bits per heavy atom. The summed E-state index contributed by atoms with van der Waals surface area (Å²) < 4.78 is 4.75. The first kappa shape index (κ1) is 7.69. The van der Waals surface area contributed by atoms with E-state index >= 15 is 0 Å². The molecule has 0 radical (unpaired) electrons. The predicted molar refractivity (Wildman–Crippen MR) is 28.8 cm³/mol. The van der Waals surface area contributed by atoms with Crippen LogP contribution in [0.25, 0.3) is 0 Å². The number of hydrogen-bond acceptors (Lipinski definition) is 1. The zero-order valence-corrected chi connectivity index (χ0v) is 7.16. The summed E-state index contributed by atoms with van der Waals surface area (Å²) in [6.07, 6.45) is 1.28. The Balaban J connectivity index is 2.45. The van der Waals surface area contributed by atoms with Crippen LogP contribution in [0.4, 0.5) is 0 Å². The summed E-state index contributed by atoms with van der Waals surface area (Å²) in [5.41, 5.74) is 0. The van der Waals surface area contributed by atoms with Crippen LogP contribution in [0.3, 0.4) is 0 Å². The van der Waals surface area contributed by atoms with E-state index in [0.717, 1.165) is 0 Å². The van der Waals surface area contributed by atoms with E-state index in [4.69, 9.17) is 0 Å². The molecule has 1 N–H and O–H groups in total. The SMILES string of the molecule is CCCN[I-]CC. The summed E-state index contributed by atoms with van der Waals surface area (Å²) in [6, 6.07) is 0. The average molecular weight is 214 g/mol. The van der Waals surface area contributed by atoms with Gasteiger partial charge in [-0.15, -0.1) is 0 Å². The quantitative estimate of drug-likeness (QED) is 0.247. The van der Waals surface area contributed by atoms with Crippen molar-refractivity contribution in [2.75, 3.05) is 11.0 Å². The minimum atomic E-state index is 0.372. The topological polar surface area (TPSA) is 12.0 Å². The molecule has 0 atom stereocenters. The molecule has 0 aliphatic rings. The van der Waals surface area contributed by atoms with Gasteiger partial charge in [0.05, 0.1) is 0 Å². The van der Waals surface area contributed by atoms with Crippen LogP contribution in [0.5, 0.6) is 0 Å². The fraction of sp³-hybridized carbons (Fsp3) is 1.00. The maximum absolute atomic E-state index is 3.39. The van der Waals surface area contributed by atoms with Crippen molar-refractivity contribution in [2.45, 2.75) is 20.3 Å². The average Bonchev–Trinajstić information content (AvgIpc) is 1.69. The molecule has 2 heteroatoms. The van der Waals surface area contributed by atoms with Gasteiger partial charge in [-0.05, 0) is 0 Å². The Kier molecular flexibility index (Phi) is 7.35. The van der Waals surface area contributed by atoms with Crippen LogP contribution in [-0.4, -0.2) is 11.0 Å². The Hall–Kier alpha value is 0.690. The van der Waals surface area contributed by atoms with E-state index in [0.29, 0.717) is 21.5 Å². The Bertz CT molecular complexity index is 27.3. The van der Waals surface area contributed by atoms with Crippen LogP contribution in [-0.2, 0) is 0 Å². The summed E-state index contributed by atoms with van der Waals surface area (Å²) in [7, 11) is 0. The molecule has 0 spiro atoms. The van der Waals surface area contributed by atoms with Gasteiger partial charge in [-0.2, -0.15) is 0 Å². The van der Waals surface area contributed by atoms with E-state index in [1.807, 2.05) is 0 Å². The molecule has 46 valence electrons. The first-order valence-electron chi connectivity index (χ1n) is 2.72. The molecule has 0 aromatic heterocycles. The van der Waals surface area contributed by atoms with E-state index in [-0.39, 0.29) is 0 Å². The van der Waals surface area contributed by atoms with Crippen LogP contribution >= 0.6 is 0 Å². The molecule has 0 saturated carbocycles. The van der Waals surface area contributed by atoms with Crippen LogP contribution in [0.2, 0.25) is 0 Å². The molecule has 0 amide bonds. The summed E-state index contributed by atoms with van der Waals surface area (Å²) in [5, 5.41) is 0. The second kappa shape index (κ2) is 6.69. The van der Waals surface area contributed by atoms with Gasteiger partial charge in [0.1, 0.15) is 0 Å². The van der Waals surface area contributed by atoms with Crippen LogP contribution < -0.4 is 25.0 Å². The van der Waals surface area contributed by atoms with Gasteiger partial charge in [-0.25, -0.2) is 0 Å². The van der Waals surface area contributed by atoms with Gasteiger partial charge in [0.2, 0.25) is 0 Å². The zero-order chi connectivity index (χ0) is 5.54. The van der Waals surface area contributed by atoms with Gasteiger partial charge < -0.3 is 0 Å². The summed E-state index contributed by atoms with van der Waals surface area (Å²) in [5.74, 6) is 0. The second-order valence-electron chi connectivity index (χ2n) is 1.28. The third kappa shape index (κ3) is 6.69. The van der Waals surface area contributed by atoms with Gasteiger partial charge in [0.25, 0.3) is 0 Å². The summed E-state index contributed by atoms with van der Waals surface area (Å²) in [4.78, 5) is 0. The molecule has 0 aliphatic heterocycles. The van der Waals surface area contributed by atoms with Gasteiger partial charge >= 0.3 is 56.2 Å². The summed E-state index contributed by atoms with van der Waals surface area (Å²) in [6.45, 7) is 5.66. The van der Waals surface area contributed by atoms with Gasteiger partial charge in [-0.3, -0.25) is 0 Å². The molecule has 0 heterocycles. The molecule has 0 aromatic rings. The number of hydrogen-bond donors (Lipinski definition) is 1. The number of nitrogens with one attached hydrogen (secondary N) is 1. The van der Waals surface area contributed by atoms with E-state index in [1.165, 1.54) is 17.4 Å². The van der Waals surface area contributed by atoms with Crippen molar-refractivity contribution >= 4 is 0 Å². The van der Waals surface area contributed by atoms with E-state index < -0.39 is 0 Å². The van der Waals surface area contributed by atoms with Crippen molar-refractivity contribution in [1.29, 1.82) is 0 Å². The minimum absolute atomic E-state index is 0.372. The maximum atomic E-state index is 3.39. The molecular weight excluding hydrogens is 201 g/mol. The van der Waals surface area contributed by atoms with Crippen molar-refractivity contribution in [1.82, 2.24) is 3.53 Å². The third-order valence-electron chi connectivity index (χ3n) is 0.573. The summed E-state index contributed by atoms with van der Waals surface area (Å²) >= 11 is 0.372. The van der Waals surface area contributed by atoms with Crippen molar-refractivity contribution in [3.8, 4) is 0 Å². The molecule has 0 saturated heterocycles. The first-order valence-corrected chi connectivity index (χ1v) is 5.33. The van der Waals surface area contributed by atoms with Gasteiger partial charge in [-0.1, -0.05) is 0 Å². The Morgan fingerprint density at radius 3 is 2.57 bits per heavy atom. The Morgan fingerprint density at radius 1 is 1.43 bits per heavy atom. The fourth-order valence-corrected chi connectivity index (χ4v) is 1.72. The molecule has 0 bridgehead atoms. The van der Waals surface area contributed by atoms with E-state index in [9.17, 15) is 0 Å². The van der Waals surface area contributed by atoms with Crippen molar-refractivity contribution in [2.24, 2.45) is 0 Å². The molecule has 0 aromatic carbocycles. The zero-order valence-electron chi connectivity index (χ0n) is 5.00. The molecule has 7 heavy (non-hydrogen) atoms. The van der Waals surface area contributed by atoms with Crippen molar-refractivity contribution in [3.05, 3.63) is 0 Å². The van der Waals surface area contributed by atoms with Gasteiger partial charge in [0.15, 0.2) is 0 Å². The van der Waals surface area contributed by atoms with E-state index in [1.54, 1.807) is 0 Å². The van der Waals surface area contributed by atoms with Crippen LogP contribution in [0.1, 0.15) is 20.3 Å². The molecule has 0 rings (SSSR count). The predicted octanol–water partition coefficient (Wildman–Crippen LogP) is -1.99. The molecular formula is C5H13IN-. The van der Waals surface area contributed by atoms with Crippen LogP contribution in [0, 0.1) is 0 Å². The van der Waals surface area contributed by atoms with Crippen molar-refractivity contribution < 1.29 is 21.5 Å². The standard InChI is InChI=1S/C5H13IN/c1-3-5-7-6-4-2/h7H,3-5H2,1-2H3/q-1.